The predicted octanol–water partition coefficient (Wildman–Crippen LogP) is 3.72. The van der Waals surface area contributed by atoms with Gasteiger partial charge in [0.25, 0.3) is 5.91 Å². The normalized spacial score (nSPS) is 23.0. The Morgan fingerprint density at radius 3 is 1.27 bits per heavy atom. The first-order valence-electron chi connectivity index (χ1n) is 49.1. The highest BCUT2D eigenvalue weighted by atomic mass is 32.1. The number of allylic oxidation sites excluding steroid dienone is 2. The summed E-state index contributed by atoms with van der Waals surface area (Å²) >= 11 is 5.01. The number of phenolic OH excluding ortho intramolecular Hbond substituents is 1. The van der Waals surface area contributed by atoms with E-state index in [2.05, 4.69) is 79.3 Å². The van der Waals surface area contributed by atoms with Crippen molar-refractivity contribution in [3.63, 3.8) is 0 Å². The Balaban J connectivity index is 1.47. The van der Waals surface area contributed by atoms with E-state index in [1.807, 2.05) is 13.8 Å². The number of hydrogen-bond donors (Lipinski definition) is 21. The highest BCUT2D eigenvalue weighted by molar-refractivity contribution is 7.78. The van der Waals surface area contributed by atoms with Crippen LogP contribution in [0.25, 0.3) is 33.4 Å². The number of carboxylic acid groups (broad SMARTS) is 1. The van der Waals surface area contributed by atoms with E-state index in [0.29, 0.717) is 87.1 Å². The lowest BCUT2D eigenvalue weighted by atomic mass is 9.90. The number of isothiocyanates is 1. The highest BCUT2D eigenvalue weighted by Crippen LogP contribution is 2.43. The Bertz CT molecular complexity index is 4870. The molecule has 0 radical (unpaired) electrons. The smallest absolute Gasteiger partial charge is 0.326 e. The lowest BCUT2D eigenvalue weighted by Gasteiger charge is -2.31. The Hall–Kier alpha value is -11.7. The van der Waals surface area contributed by atoms with Crippen molar-refractivity contribution in [2.24, 2.45) is 63.1 Å². The summed E-state index contributed by atoms with van der Waals surface area (Å²) in [6.45, 7) is 15.0. The molecule has 0 bridgehead atoms. The number of aromatic hydroxyl groups is 1. The van der Waals surface area contributed by atoms with E-state index < -0.39 is 179 Å². The Labute approximate surface area is 819 Å². The van der Waals surface area contributed by atoms with Crippen molar-refractivity contribution in [1.82, 2.24) is 74.0 Å². The summed E-state index contributed by atoms with van der Waals surface area (Å²) in [6.07, 6.45) is 7.46. The van der Waals surface area contributed by atoms with Gasteiger partial charge in [-0.15, -0.1) is 0 Å². The third kappa shape index (κ3) is 38.8. The topological polar surface area (TPSA) is 655 Å². The van der Waals surface area contributed by atoms with Crippen LogP contribution in [0.5, 0.6) is 5.75 Å². The van der Waals surface area contributed by atoms with Crippen molar-refractivity contribution in [3.8, 4) is 28.2 Å². The molecule has 14 amide bonds. The van der Waals surface area contributed by atoms with E-state index in [1.165, 1.54) is 41.3 Å². The predicted molar refractivity (Wildman–Crippen MR) is 532 cm³/mol. The van der Waals surface area contributed by atoms with Gasteiger partial charge < -0.3 is 123 Å². The van der Waals surface area contributed by atoms with E-state index in [9.17, 15) is 58.2 Å². The van der Waals surface area contributed by atoms with Gasteiger partial charge in [0.05, 0.1) is 17.4 Å². The van der Waals surface area contributed by atoms with Crippen LogP contribution in [0.3, 0.4) is 0 Å². The lowest BCUT2D eigenvalue weighted by Crippen LogP contribution is -2.60. The van der Waals surface area contributed by atoms with E-state index >= 15 is 28.8 Å². The fraction of sp³-hybridized carbons (Fsp3) is 0.622. The molecular formula is C98H151N21O19S. The number of nitrogens with two attached hydrogens (primary N) is 6. The van der Waals surface area contributed by atoms with Crippen LogP contribution in [0, 0.1) is 23.7 Å². The maximum absolute atomic E-state index is 15.6. The number of nitrogens with one attached hydrogen (secondary N) is 13. The minimum atomic E-state index is -1.57. The van der Waals surface area contributed by atoms with Gasteiger partial charge in [-0.05, 0) is 297 Å². The Kier molecular flexibility index (Phi) is 50.9. The first kappa shape index (κ1) is 116. The number of hydrogen-bond acceptors (Lipinski definition) is 26. The average Bonchev–Trinajstić information content (AvgIpc) is 0.978. The highest BCUT2D eigenvalue weighted by Gasteiger charge is 2.42. The van der Waals surface area contributed by atoms with Crippen LogP contribution in [0.4, 0.5) is 5.69 Å². The van der Waals surface area contributed by atoms with Gasteiger partial charge in [-0.2, -0.15) is 4.99 Å². The first-order valence-corrected chi connectivity index (χ1v) is 49.5. The number of unbranched alkanes of at least 4 members (excludes halogenated alkanes) is 6. The molecule has 3 aliphatic heterocycles. The number of rotatable bonds is 37. The van der Waals surface area contributed by atoms with Gasteiger partial charge in [-0.3, -0.25) is 71.9 Å². The zero-order valence-corrected chi connectivity index (χ0v) is 82.5. The largest absolute Gasteiger partial charge is 0.508 e. The molecule has 768 valence electrons. The number of phenols is 1. The molecule has 0 saturated carbocycles. The molecule has 13 atom stereocenters. The van der Waals surface area contributed by atoms with Gasteiger partial charge in [-0.25, -0.2) is 4.79 Å². The summed E-state index contributed by atoms with van der Waals surface area (Å²) in [5.74, 6) is -13.9. The van der Waals surface area contributed by atoms with Crippen LogP contribution in [-0.2, 0) is 67.1 Å². The van der Waals surface area contributed by atoms with Crippen molar-refractivity contribution < 1.29 is 86.5 Å². The summed E-state index contributed by atoms with van der Waals surface area (Å²) < 4.78 is 6.15. The second-order valence-electron chi connectivity index (χ2n) is 37.6. The molecular weight excluding hydrogens is 1810 g/mol. The summed E-state index contributed by atoms with van der Waals surface area (Å²) in [5, 5.41) is 60.2. The van der Waals surface area contributed by atoms with Crippen LogP contribution in [0.15, 0.2) is 81.0 Å². The zero-order chi connectivity index (χ0) is 102. The van der Waals surface area contributed by atoms with Crippen LogP contribution >= 0.6 is 12.2 Å². The molecule has 0 unspecified atom stereocenters. The molecule has 27 N–H and O–H groups in total. The third-order valence-corrected chi connectivity index (χ3v) is 24.2. The van der Waals surface area contributed by atoms with Crippen LogP contribution in [-0.4, -0.2) is 240 Å². The van der Waals surface area contributed by atoms with Gasteiger partial charge in [0, 0.05) is 40.8 Å². The van der Waals surface area contributed by atoms with Gasteiger partial charge in [0.2, 0.25) is 76.8 Å². The monoisotopic (exact) mass is 1960 g/mol. The number of fused-ring (bicyclic) bond motifs is 3. The van der Waals surface area contributed by atoms with E-state index in [-0.39, 0.29) is 213 Å². The number of benzene rings is 3. The van der Waals surface area contributed by atoms with Crippen LogP contribution < -0.4 is 109 Å². The molecule has 40 nitrogen and oxygen atoms in total. The molecule has 1 fully saturated rings. The molecule has 1 saturated heterocycles. The lowest BCUT2D eigenvalue weighted by molar-refractivity contribution is -0.142. The molecule has 41 heteroatoms. The number of carbonyl (C=O) groups excluding carboxylic acids is 14. The summed E-state index contributed by atoms with van der Waals surface area (Å²) in [7, 11) is 0. The van der Waals surface area contributed by atoms with E-state index in [0.717, 1.165) is 0 Å². The maximum atomic E-state index is 15.6. The second kappa shape index (κ2) is 61.0. The van der Waals surface area contributed by atoms with Gasteiger partial charge in [-0.1, -0.05) is 73.6 Å². The van der Waals surface area contributed by atoms with Crippen molar-refractivity contribution in [2.45, 2.75) is 314 Å². The van der Waals surface area contributed by atoms with Gasteiger partial charge in [0.15, 0.2) is 5.43 Å². The fourth-order valence-corrected chi connectivity index (χ4v) is 17.0. The minimum Gasteiger partial charge on any atom is -0.508 e. The Morgan fingerprint density at radius 1 is 0.453 bits per heavy atom. The molecule has 0 aromatic heterocycles. The number of carbonyl (C=O) groups is 15. The van der Waals surface area contributed by atoms with E-state index in [4.69, 9.17) is 51.0 Å². The van der Waals surface area contributed by atoms with Gasteiger partial charge >= 0.3 is 5.97 Å². The van der Waals surface area contributed by atoms with Crippen molar-refractivity contribution in [1.29, 1.82) is 0 Å². The Morgan fingerprint density at radius 2 is 0.842 bits per heavy atom. The third-order valence-electron chi connectivity index (χ3n) is 24.1. The zero-order valence-electron chi connectivity index (χ0n) is 81.7. The number of aliphatic imine (C=N–C) groups is 1. The number of carboxylic acids is 1. The van der Waals surface area contributed by atoms with Crippen LogP contribution in [0.1, 0.15) is 246 Å². The molecule has 3 heterocycles. The van der Waals surface area contributed by atoms with E-state index in [1.54, 1.807) is 71.9 Å². The maximum Gasteiger partial charge on any atom is 0.326 e. The molecule has 2 aromatic carbocycles. The summed E-state index contributed by atoms with van der Waals surface area (Å²) in [5.41, 5.74) is 36.4. The molecule has 139 heavy (non-hydrogen) atoms. The van der Waals surface area contributed by atoms with Crippen molar-refractivity contribution in [3.05, 3.63) is 82.5 Å². The molecule has 4 aliphatic rings. The summed E-state index contributed by atoms with van der Waals surface area (Å²) in [6, 6.07) is -4.88. The number of nitrogens with zero attached hydrogens (tertiary/aromatic N) is 2. The molecule has 1 aliphatic carbocycles. The SMILES string of the molecule is CC(C)C[C@@H]1NC(=O)[C@H](CCCCN)NC(=O)CNC(=O)[C@H]2CCCN2C(=O)[C@H](CCCCN)NC(=O)[C@H](CC(C)C)NC(=O)[C@H](CCCCN)NC(=O)[C@H](CC(C)C)NC(=O)[C@H](CCCCN)NC(=O)[C@@H](NC(=O)c2cc(N=C=S)ccc2-c2c3ccc(=O)cc-3oc3cc(O)ccc23)CC/C=C/CC[C@@H](C(=O)O)NC(=O)[C@H](CCCCN)NC(=O)[C@H](CC(C)C)NC(=O)[C@H](CCCCN)NC1=O. The van der Waals surface area contributed by atoms with Crippen molar-refractivity contribution >= 4 is 123 Å². The number of thiocarbonyl (C=S) groups is 1. The summed E-state index contributed by atoms with van der Waals surface area (Å²) in [4.78, 5) is 240. The average molecular weight is 1960 g/mol. The molecule has 6 rings (SSSR count). The minimum absolute atomic E-state index is 0.00705. The second-order valence-corrected chi connectivity index (χ2v) is 37.8. The fourth-order valence-electron chi connectivity index (χ4n) is 16.9. The van der Waals surface area contributed by atoms with Crippen LogP contribution in [0.2, 0.25) is 0 Å². The first-order chi connectivity index (χ1) is 66.4. The molecule has 0 spiro atoms. The quantitative estimate of drug-likeness (QED) is 0.0101. The number of amides is 14. The molecule has 2 aromatic rings. The number of aliphatic carboxylic acids is 1. The van der Waals surface area contributed by atoms with Gasteiger partial charge in [0.1, 0.15) is 95.6 Å². The standard InChI is InChI=1S/C98H151N21O19S/c1-57(2)48-76-92(130)111-72(30-16-22-44-102)90(128)117-77(49-58(3)4)93(131)110-70(28-14-20-42-100)88(126)114-75(98(136)137)33-12-10-9-11-26-69(108-85(123)67-52-61(106-56-139)35-38-64(67)84-65-39-36-62(120)53-81(65)138-82-54-63(121)37-40-66(82)84)87(125)109-71(29-15-21-43-101)89(127)116-78(50-59(5)6)94(132)112-73(31-17-23-45-103)91(129)118-79(51-60(7)8)95(133)113-74(32-18-24-46-104)97(135)119-47-25-34-80(119)96(134)105-55-83(122)107-68(86(124)115-76)27-13-19-41-99/h9-10,35-40,52-54,57-60,68-80,120H,11-34,41-51,55,99-104H2,1-8H3,(H,105,134)(H,107,122)(H,108,123)(H,109,125)(H,110,131)(H,111,130)(H,112,132)(H,113,133)(H,114,126)(H,115,124)(H,116,127)(H,117,128)(H,118,129)(H,136,137)/b10-9+/t68-,69-,70-,71-,72-,73-,74-,75-,76-,77-,78-,79-,80+/m0/s1. The van der Waals surface area contributed by atoms with Crippen molar-refractivity contribution in [2.75, 3.05) is 52.4 Å².